The van der Waals surface area contributed by atoms with Gasteiger partial charge in [-0.3, -0.25) is 4.98 Å². The normalized spacial score (nSPS) is 15.0. The van der Waals surface area contributed by atoms with Crippen LogP contribution in [0.15, 0.2) is 30.5 Å². The first-order chi connectivity index (χ1) is 21.4. The number of pyridine rings is 1. The summed E-state index contributed by atoms with van der Waals surface area (Å²) in [6.07, 6.45) is 27.1. The van der Waals surface area contributed by atoms with Gasteiger partial charge in [0.25, 0.3) is 0 Å². The lowest BCUT2D eigenvalue weighted by Gasteiger charge is -2.15. The van der Waals surface area contributed by atoms with Crippen LogP contribution in [0.5, 0.6) is 0 Å². The van der Waals surface area contributed by atoms with E-state index in [9.17, 15) is 0 Å². The lowest BCUT2D eigenvalue weighted by atomic mass is 9.91. The van der Waals surface area contributed by atoms with Gasteiger partial charge in [0, 0.05) is 22.4 Å². The van der Waals surface area contributed by atoms with Crippen molar-refractivity contribution in [1.82, 2.24) is 15.2 Å². The average Bonchev–Trinajstić information content (AvgIpc) is 3.03. The predicted molar refractivity (Wildman–Crippen MR) is 202 cm³/mol. The number of nitrogens with zero attached hydrogens (tertiary/aromatic N) is 3. The fourth-order valence-corrected chi connectivity index (χ4v) is 9.93. The Morgan fingerprint density at radius 1 is 0.568 bits per heavy atom. The van der Waals surface area contributed by atoms with Crippen molar-refractivity contribution in [1.29, 1.82) is 0 Å². The largest absolute Gasteiger partial charge is 0.266 e. The van der Waals surface area contributed by atoms with Crippen LogP contribution in [0.25, 0.3) is 11.3 Å². The highest BCUT2D eigenvalue weighted by Crippen LogP contribution is 2.22. The van der Waals surface area contributed by atoms with Crippen LogP contribution in [-0.2, 0) is 0 Å². The molecule has 0 aromatic carbocycles. The number of rotatable bonds is 27. The van der Waals surface area contributed by atoms with Crippen molar-refractivity contribution in [3.8, 4) is 11.3 Å². The van der Waals surface area contributed by atoms with Gasteiger partial charge >= 0.3 is 0 Å². The van der Waals surface area contributed by atoms with Gasteiger partial charge in [0.05, 0.1) is 24.7 Å². The maximum atomic E-state index is 4.82. The van der Waals surface area contributed by atoms with Gasteiger partial charge in [-0.05, 0) is 47.9 Å². The van der Waals surface area contributed by atoms with Gasteiger partial charge in [0.15, 0.2) is 0 Å². The molecule has 2 aromatic heterocycles. The van der Waals surface area contributed by atoms with Crippen molar-refractivity contribution in [2.24, 2.45) is 23.7 Å². The molecule has 0 radical (unpaired) electrons. The number of aromatic nitrogens is 3. The number of hydrogen-bond acceptors (Lipinski definition) is 3. The Labute approximate surface area is 278 Å². The number of hydrogen-bond donors (Lipinski definition) is 0. The molecular weight excluding hydrogens is 567 g/mol. The molecule has 0 saturated heterocycles. The quantitative estimate of drug-likeness (QED) is 0.0723. The smallest absolute Gasteiger partial charge is 0.0943 e. The highest BCUT2D eigenvalue weighted by molar-refractivity contribution is 6.54. The van der Waals surface area contributed by atoms with Crippen LogP contribution in [-0.4, -0.2) is 34.2 Å². The summed E-state index contributed by atoms with van der Waals surface area (Å²) < 4.78 is 0. The summed E-state index contributed by atoms with van der Waals surface area (Å²) in [6.45, 7) is 14.4. The molecule has 0 amide bonds. The van der Waals surface area contributed by atoms with E-state index in [-0.39, 0.29) is 19.0 Å². The van der Waals surface area contributed by atoms with Crippen molar-refractivity contribution in [3.05, 3.63) is 30.5 Å². The van der Waals surface area contributed by atoms with E-state index in [1.807, 2.05) is 6.20 Å². The van der Waals surface area contributed by atoms with E-state index in [0.29, 0.717) is 0 Å². The summed E-state index contributed by atoms with van der Waals surface area (Å²) in [5.74, 6) is 3.51. The Morgan fingerprint density at radius 3 is 1.73 bits per heavy atom. The van der Waals surface area contributed by atoms with E-state index in [0.717, 1.165) is 29.4 Å². The molecule has 0 aliphatic heterocycles. The van der Waals surface area contributed by atoms with Gasteiger partial charge in [0.2, 0.25) is 0 Å². The Balaban J connectivity index is 1.64. The maximum Gasteiger partial charge on any atom is 0.0943 e. The zero-order valence-electron chi connectivity index (χ0n) is 30.1. The lowest BCUT2D eigenvalue weighted by molar-refractivity contribution is 0.382. The maximum absolute atomic E-state index is 4.82. The fraction of sp³-hybridized carbons (Fsp3) is 0.769. The van der Waals surface area contributed by atoms with Gasteiger partial charge in [-0.2, -0.15) is 10.2 Å². The first-order valence-corrected chi connectivity index (χ1v) is 22.6. The van der Waals surface area contributed by atoms with Crippen LogP contribution in [0.4, 0.5) is 0 Å². The molecule has 0 N–H and O–H groups in total. The van der Waals surface area contributed by atoms with E-state index in [1.165, 1.54) is 144 Å². The zero-order valence-corrected chi connectivity index (χ0v) is 32.9. The molecule has 2 rings (SSSR count). The van der Waals surface area contributed by atoms with Crippen molar-refractivity contribution < 1.29 is 0 Å². The number of unbranched alkanes of at least 4 members (excludes halogenated alkanes) is 7. The van der Waals surface area contributed by atoms with Crippen LogP contribution in [0.3, 0.4) is 0 Å². The molecule has 0 spiro atoms. The van der Waals surface area contributed by atoms with Crippen molar-refractivity contribution in [2.45, 2.75) is 169 Å². The molecule has 0 fully saturated rings. The second kappa shape index (κ2) is 24.8. The predicted octanol–water partition coefficient (Wildman–Crippen LogP) is 9.57. The van der Waals surface area contributed by atoms with Gasteiger partial charge < -0.3 is 0 Å². The van der Waals surface area contributed by atoms with Gasteiger partial charge in [-0.1, -0.05) is 169 Å². The molecule has 4 unspecified atom stereocenters. The fourth-order valence-electron chi connectivity index (χ4n) is 6.66. The monoisotopic (exact) mass is 638 g/mol. The Morgan fingerprint density at radius 2 is 1.14 bits per heavy atom. The summed E-state index contributed by atoms with van der Waals surface area (Å²) in [6, 6.07) is 11.5. The molecule has 2 aromatic rings. The Kier molecular flexibility index (Phi) is 21.9. The molecule has 44 heavy (non-hydrogen) atoms. The first-order valence-electron chi connectivity index (χ1n) is 19.2. The van der Waals surface area contributed by atoms with Crippen LogP contribution in [0.2, 0.25) is 12.1 Å². The lowest BCUT2D eigenvalue weighted by Crippen LogP contribution is -2.23. The highest BCUT2D eigenvalue weighted by atomic mass is 28.2. The van der Waals surface area contributed by atoms with Crippen molar-refractivity contribution >= 4 is 29.7 Å². The van der Waals surface area contributed by atoms with Crippen LogP contribution in [0, 0.1) is 23.7 Å². The molecule has 0 saturated carbocycles. The summed E-state index contributed by atoms with van der Waals surface area (Å²) in [5, 5.41) is 12.0. The van der Waals surface area contributed by atoms with Crippen LogP contribution < -0.4 is 10.6 Å². The Bertz CT molecular complexity index is 951. The van der Waals surface area contributed by atoms with E-state index in [4.69, 9.17) is 15.2 Å². The molecule has 250 valence electrons. The third kappa shape index (κ3) is 18.0. The van der Waals surface area contributed by atoms with Gasteiger partial charge in [-0.25, -0.2) is 0 Å². The minimum absolute atomic E-state index is 0.350. The van der Waals surface area contributed by atoms with E-state index >= 15 is 0 Å². The summed E-state index contributed by atoms with van der Waals surface area (Å²) in [5.41, 5.74) is 2.26. The molecule has 0 aliphatic carbocycles. The van der Waals surface area contributed by atoms with Crippen molar-refractivity contribution in [3.63, 3.8) is 0 Å². The van der Waals surface area contributed by atoms with Gasteiger partial charge in [0.1, 0.15) is 0 Å². The topological polar surface area (TPSA) is 38.7 Å². The molecular formula is C39H71N3Si2. The minimum Gasteiger partial charge on any atom is -0.266 e. The highest BCUT2D eigenvalue weighted by Gasteiger charge is 2.11. The van der Waals surface area contributed by atoms with Crippen molar-refractivity contribution in [2.75, 3.05) is 0 Å². The van der Waals surface area contributed by atoms with Gasteiger partial charge in [-0.15, -0.1) is 0 Å². The zero-order chi connectivity index (χ0) is 31.8. The third-order valence-electron chi connectivity index (χ3n) is 10.0. The average molecular weight is 638 g/mol. The molecule has 2 heterocycles. The SMILES string of the molecule is CCCCCC(C)CCCCCC(C)C[SiH2]c1ccc(-c2cccnc2[SiH2]CCCCC(C)CCC(C)CCCCC)nn1. The third-order valence-corrected chi connectivity index (χ3v) is 14.1. The van der Waals surface area contributed by atoms with E-state index in [2.05, 4.69) is 65.8 Å². The minimum atomic E-state index is -0.388. The molecule has 4 atom stereocenters. The standard InChI is InChI=1S/C39H71N3Si2/c1-7-9-12-19-32(3)21-14-11-15-23-35(6)31-44-38-28-27-37(41-42-38)36-24-18-29-40-39(36)43-30-17-16-22-34(5)26-25-33(4)20-13-10-8-2/h18,24,27-29,32-35H,7-17,19-23,25-26,30-31,43-44H2,1-6H3. The second-order valence-corrected chi connectivity index (χ2v) is 18.4. The van der Waals surface area contributed by atoms with Crippen LogP contribution in [0.1, 0.15) is 157 Å². The molecule has 5 heteroatoms. The Hall–Kier alpha value is -1.34. The second-order valence-electron chi connectivity index (χ2n) is 14.7. The molecule has 3 nitrogen and oxygen atoms in total. The molecule has 0 bridgehead atoms. The van der Waals surface area contributed by atoms with E-state index in [1.54, 1.807) is 0 Å². The summed E-state index contributed by atoms with van der Waals surface area (Å²) in [7, 11) is -0.738. The van der Waals surface area contributed by atoms with E-state index < -0.39 is 0 Å². The van der Waals surface area contributed by atoms with Crippen LogP contribution >= 0.6 is 0 Å². The molecule has 0 aliphatic rings. The summed E-state index contributed by atoms with van der Waals surface area (Å²) in [4.78, 5) is 4.82. The first kappa shape index (κ1) is 38.8. The summed E-state index contributed by atoms with van der Waals surface area (Å²) >= 11 is 0.